The number of nitrogens with one attached hydrogen (secondary N) is 1. The summed E-state index contributed by atoms with van der Waals surface area (Å²) in [6.07, 6.45) is -0.333. The minimum atomic E-state index is -0.190. The number of amides is 4. The summed E-state index contributed by atoms with van der Waals surface area (Å²) in [5, 5.41) is 2.86. The Kier molecular flexibility index (Phi) is 2.65. The van der Waals surface area contributed by atoms with Crippen molar-refractivity contribution in [2.75, 3.05) is 19.6 Å². The lowest BCUT2D eigenvalue weighted by Gasteiger charge is -2.27. The van der Waals surface area contributed by atoms with Gasteiger partial charge in [0.15, 0.2) is 0 Å². The molecule has 0 aliphatic carbocycles. The number of rotatable bonds is 3. The van der Waals surface area contributed by atoms with Crippen molar-refractivity contribution >= 4 is 12.1 Å². The van der Waals surface area contributed by atoms with E-state index in [1.54, 1.807) is 14.7 Å². The summed E-state index contributed by atoms with van der Waals surface area (Å²) in [6, 6.07) is -0.0691. The van der Waals surface area contributed by atoms with Gasteiger partial charge in [0.1, 0.15) is 12.3 Å². The molecule has 0 aromatic carbocycles. The number of carbonyl (C=O) groups excluding carboxylic acids is 2. The molecule has 4 amide bonds. The zero-order valence-corrected chi connectivity index (χ0v) is 9.93. The lowest BCUT2D eigenvalue weighted by molar-refractivity contribution is 0.136. The van der Waals surface area contributed by atoms with Crippen LogP contribution in [0.2, 0.25) is 0 Å². The lowest BCUT2D eigenvalue weighted by Crippen LogP contribution is -2.46. The molecular formula is C10H18N4O2. The standard InChI is InChI=1S/C10H18N4O2/c1-4-12-7-8(14(6-3)10(12)16)13(5-2)9(15)11-7/h7-8H,4-6H2,1-3H3,(H,11,15)/t7-,8+/m0/s1. The molecule has 16 heavy (non-hydrogen) atoms. The summed E-state index contributed by atoms with van der Waals surface area (Å²) in [5.74, 6) is 0. The van der Waals surface area contributed by atoms with Gasteiger partial charge in [0, 0.05) is 19.6 Å². The van der Waals surface area contributed by atoms with Gasteiger partial charge in [-0.2, -0.15) is 0 Å². The van der Waals surface area contributed by atoms with Crippen LogP contribution in [-0.4, -0.2) is 58.7 Å². The Morgan fingerprint density at radius 2 is 1.56 bits per heavy atom. The molecule has 2 aliphatic heterocycles. The van der Waals surface area contributed by atoms with Crippen molar-refractivity contribution < 1.29 is 9.59 Å². The molecule has 0 unspecified atom stereocenters. The van der Waals surface area contributed by atoms with Crippen LogP contribution in [0.1, 0.15) is 20.8 Å². The smallest absolute Gasteiger partial charge is 0.314 e. The van der Waals surface area contributed by atoms with Gasteiger partial charge in [-0.25, -0.2) is 9.59 Å². The topological polar surface area (TPSA) is 55.9 Å². The first-order chi connectivity index (χ1) is 7.65. The summed E-state index contributed by atoms with van der Waals surface area (Å²) in [5.41, 5.74) is 0. The average molecular weight is 226 g/mol. The van der Waals surface area contributed by atoms with E-state index in [0.717, 1.165) is 0 Å². The van der Waals surface area contributed by atoms with Crippen LogP contribution >= 0.6 is 0 Å². The normalized spacial score (nSPS) is 28.8. The molecule has 0 aromatic heterocycles. The maximum atomic E-state index is 12.0. The summed E-state index contributed by atoms with van der Waals surface area (Å²) < 4.78 is 0. The molecule has 90 valence electrons. The fourth-order valence-electron chi connectivity index (χ4n) is 2.53. The van der Waals surface area contributed by atoms with Gasteiger partial charge >= 0.3 is 12.1 Å². The first-order valence-corrected chi connectivity index (χ1v) is 5.80. The zero-order chi connectivity index (χ0) is 11.9. The maximum absolute atomic E-state index is 12.0. The number of hydrogen-bond donors (Lipinski definition) is 1. The van der Waals surface area contributed by atoms with Crippen LogP contribution in [0, 0.1) is 0 Å². The molecule has 2 atom stereocenters. The van der Waals surface area contributed by atoms with Crippen LogP contribution in [-0.2, 0) is 0 Å². The van der Waals surface area contributed by atoms with E-state index in [9.17, 15) is 9.59 Å². The molecule has 0 spiro atoms. The molecule has 0 saturated carbocycles. The van der Waals surface area contributed by atoms with Crippen molar-refractivity contribution in [3.05, 3.63) is 0 Å². The monoisotopic (exact) mass is 226 g/mol. The molecular weight excluding hydrogens is 208 g/mol. The van der Waals surface area contributed by atoms with Crippen molar-refractivity contribution in [2.24, 2.45) is 0 Å². The number of fused-ring (bicyclic) bond motifs is 1. The van der Waals surface area contributed by atoms with Crippen molar-refractivity contribution in [1.29, 1.82) is 0 Å². The van der Waals surface area contributed by atoms with Gasteiger partial charge in [0.05, 0.1) is 0 Å². The molecule has 2 rings (SSSR count). The molecule has 2 fully saturated rings. The number of likely N-dealkylation sites (N-methyl/N-ethyl adjacent to an activating group) is 3. The van der Waals surface area contributed by atoms with E-state index in [2.05, 4.69) is 5.32 Å². The molecule has 2 aliphatic rings. The molecule has 0 aromatic rings. The van der Waals surface area contributed by atoms with E-state index in [-0.39, 0.29) is 24.4 Å². The first-order valence-electron chi connectivity index (χ1n) is 5.80. The predicted molar refractivity (Wildman–Crippen MR) is 58.6 cm³/mol. The van der Waals surface area contributed by atoms with Crippen molar-refractivity contribution in [3.8, 4) is 0 Å². The Balaban J connectivity index is 2.31. The maximum Gasteiger partial charge on any atom is 0.323 e. The fraction of sp³-hybridized carbons (Fsp3) is 0.800. The number of nitrogens with zero attached hydrogens (tertiary/aromatic N) is 3. The van der Waals surface area contributed by atoms with Gasteiger partial charge < -0.3 is 20.0 Å². The van der Waals surface area contributed by atoms with Crippen LogP contribution in [0.4, 0.5) is 9.59 Å². The molecule has 6 nitrogen and oxygen atoms in total. The van der Waals surface area contributed by atoms with Crippen LogP contribution in [0.3, 0.4) is 0 Å². The van der Waals surface area contributed by atoms with Crippen LogP contribution in [0.25, 0.3) is 0 Å². The van der Waals surface area contributed by atoms with E-state index < -0.39 is 0 Å². The summed E-state index contributed by atoms with van der Waals surface area (Å²) in [4.78, 5) is 28.9. The van der Waals surface area contributed by atoms with E-state index in [1.165, 1.54) is 0 Å². The summed E-state index contributed by atoms with van der Waals surface area (Å²) in [6.45, 7) is 7.65. The highest BCUT2D eigenvalue weighted by Gasteiger charge is 2.53. The molecule has 0 radical (unpaired) electrons. The van der Waals surface area contributed by atoms with Crippen LogP contribution in [0.5, 0.6) is 0 Å². The highest BCUT2D eigenvalue weighted by atomic mass is 16.2. The van der Waals surface area contributed by atoms with E-state index >= 15 is 0 Å². The van der Waals surface area contributed by atoms with Gasteiger partial charge in [-0.15, -0.1) is 0 Å². The van der Waals surface area contributed by atoms with Gasteiger partial charge in [-0.1, -0.05) is 0 Å². The van der Waals surface area contributed by atoms with Gasteiger partial charge in [0.2, 0.25) is 0 Å². The quantitative estimate of drug-likeness (QED) is 0.760. The number of urea groups is 2. The van der Waals surface area contributed by atoms with Crippen LogP contribution in [0.15, 0.2) is 0 Å². The van der Waals surface area contributed by atoms with Crippen molar-refractivity contribution in [2.45, 2.75) is 33.1 Å². The second kappa shape index (κ2) is 3.84. The molecule has 2 saturated heterocycles. The zero-order valence-electron chi connectivity index (χ0n) is 9.93. The lowest BCUT2D eigenvalue weighted by atomic mass is 10.3. The first kappa shape index (κ1) is 11.0. The average Bonchev–Trinajstić information content (AvgIpc) is 2.70. The second-order valence-corrected chi connectivity index (χ2v) is 3.95. The highest BCUT2D eigenvalue weighted by molar-refractivity contribution is 5.85. The van der Waals surface area contributed by atoms with E-state index in [1.807, 2.05) is 20.8 Å². The number of hydrogen-bond acceptors (Lipinski definition) is 2. The predicted octanol–water partition coefficient (Wildman–Crippen LogP) is 0.461. The Morgan fingerprint density at radius 3 is 2.06 bits per heavy atom. The largest absolute Gasteiger partial charge is 0.323 e. The third-order valence-electron chi connectivity index (χ3n) is 3.30. The van der Waals surface area contributed by atoms with Gasteiger partial charge in [-0.3, -0.25) is 0 Å². The third kappa shape index (κ3) is 1.25. The second-order valence-electron chi connectivity index (χ2n) is 3.95. The molecule has 0 bridgehead atoms. The Hall–Kier alpha value is -1.46. The minimum Gasteiger partial charge on any atom is -0.314 e. The third-order valence-corrected chi connectivity index (χ3v) is 3.30. The number of carbonyl (C=O) groups is 2. The minimum absolute atomic E-state index is 0.0125. The highest BCUT2D eigenvalue weighted by Crippen LogP contribution is 2.28. The van der Waals surface area contributed by atoms with Crippen molar-refractivity contribution in [1.82, 2.24) is 20.0 Å². The summed E-state index contributed by atoms with van der Waals surface area (Å²) in [7, 11) is 0. The fourth-order valence-corrected chi connectivity index (χ4v) is 2.53. The summed E-state index contributed by atoms with van der Waals surface area (Å²) >= 11 is 0. The van der Waals surface area contributed by atoms with Crippen molar-refractivity contribution in [3.63, 3.8) is 0 Å². The van der Waals surface area contributed by atoms with E-state index in [4.69, 9.17) is 0 Å². The molecule has 6 heteroatoms. The molecule has 1 N–H and O–H groups in total. The van der Waals surface area contributed by atoms with Gasteiger partial charge in [0.25, 0.3) is 0 Å². The Bertz CT molecular complexity index is 318. The van der Waals surface area contributed by atoms with E-state index in [0.29, 0.717) is 19.6 Å². The Morgan fingerprint density at radius 1 is 1.00 bits per heavy atom. The Labute approximate surface area is 95.2 Å². The van der Waals surface area contributed by atoms with Gasteiger partial charge in [-0.05, 0) is 20.8 Å². The molecule has 2 heterocycles. The van der Waals surface area contributed by atoms with Crippen LogP contribution < -0.4 is 5.32 Å². The SMILES string of the molecule is CCN1C(=O)N[C@@H]2[C@H]1N(CC)C(=O)N2CC.